The van der Waals surface area contributed by atoms with Gasteiger partial charge in [-0.3, -0.25) is 4.79 Å². The predicted molar refractivity (Wildman–Crippen MR) is 86.2 cm³/mol. The van der Waals surface area contributed by atoms with E-state index in [1.54, 1.807) is 7.11 Å². The summed E-state index contributed by atoms with van der Waals surface area (Å²) >= 11 is 0. The first-order chi connectivity index (χ1) is 10.0. The highest BCUT2D eigenvalue weighted by Gasteiger charge is 2.13. The summed E-state index contributed by atoms with van der Waals surface area (Å²) in [5.74, 6) is 0.135. The lowest BCUT2D eigenvalue weighted by Gasteiger charge is -2.23. The van der Waals surface area contributed by atoms with Crippen LogP contribution in [0.1, 0.15) is 12.0 Å². The van der Waals surface area contributed by atoms with Crippen molar-refractivity contribution < 1.29 is 9.53 Å². The van der Waals surface area contributed by atoms with Gasteiger partial charge >= 0.3 is 0 Å². The summed E-state index contributed by atoms with van der Waals surface area (Å²) in [5, 5.41) is 0. The average molecular weight is 293 g/mol. The topological polar surface area (TPSA) is 58.8 Å². The Hall–Kier alpha value is -1.59. The number of rotatable bonds is 9. The van der Waals surface area contributed by atoms with Crippen LogP contribution < -0.4 is 5.73 Å². The third-order valence-corrected chi connectivity index (χ3v) is 3.29. The average Bonchev–Trinajstić information content (AvgIpc) is 2.44. The maximum atomic E-state index is 12.4. The molecule has 0 aliphatic carbocycles. The van der Waals surface area contributed by atoms with Crippen molar-refractivity contribution in [3.63, 3.8) is 0 Å². The molecule has 0 saturated carbocycles. The van der Waals surface area contributed by atoms with Crippen LogP contribution in [-0.4, -0.2) is 63.2 Å². The minimum Gasteiger partial charge on any atom is -0.399 e. The normalized spacial score (nSPS) is 10.9. The fourth-order valence-corrected chi connectivity index (χ4v) is 2.06. The third-order valence-electron chi connectivity index (χ3n) is 3.29. The van der Waals surface area contributed by atoms with Crippen molar-refractivity contribution in [2.75, 3.05) is 53.2 Å². The maximum absolute atomic E-state index is 12.4. The number of carbonyl (C=O) groups excluding carboxylic acids is 1. The van der Waals surface area contributed by atoms with Crippen molar-refractivity contribution in [3.8, 4) is 0 Å². The zero-order chi connectivity index (χ0) is 15.7. The van der Waals surface area contributed by atoms with E-state index in [1.807, 2.05) is 43.3 Å². The molecule has 0 fully saturated rings. The first kappa shape index (κ1) is 17.5. The quantitative estimate of drug-likeness (QED) is 0.696. The largest absolute Gasteiger partial charge is 0.399 e. The monoisotopic (exact) mass is 293 g/mol. The molecule has 2 N–H and O–H groups in total. The van der Waals surface area contributed by atoms with Crippen molar-refractivity contribution in [1.29, 1.82) is 0 Å². The summed E-state index contributed by atoms with van der Waals surface area (Å²) in [6.45, 7) is 2.93. The Morgan fingerprint density at radius 1 is 1.14 bits per heavy atom. The van der Waals surface area contributed by atoms with Gasteiger partial charge < -0.3 is 20.3 Å². The van der Waals surface area contributed by atoms with E-state index in [4.69, 9.17) is 10.5 Å². The molecule has 21 heavy (non-hydrogen) atoms. The lowest BCUT2D eigenvalue weighted by atomic mass is 10.1. The van der Waals surface area contributed by atoms with Crippen LogP contribution in [0, 0.1) is 0 Å². The molecule has 118 valence electrons. The van der Waals surface area contributed by atoms with Crippen LogP contribution in [0.4, 0.5) is 5.69 Å². The van der Waals surface area contributed by atoms with E-state index in [-0.39, 0.29) is 5.91 Å². The van der Waals surface area contributed by atoms with Crippen LogP contribution in [0.2, 0.25) is 0 Å². The number of nitrogens with two attached hydrogens (primary N) is 1. The summed E-state index contributed by atoms with van der Waals surface area (Å²) in [7, 11) is 5.73. The molecular weight excluding hydrogens is 266 g/mol. The van der Waals surface area contributed by atoms with E-state index >= 15 is 0 Å². The molecule has 0 unspecified atom stereocenters. The molecule has 1 rings (SSSR count). The molecule has 0 aromatic heterocycles. The van der Waals surface area contributed by atoms with Gasteiger partial charge in [-0.1, -0.05) is 12.1 Å². The lowest BCUT2D eigenvalue weighted by Crippen LogP contribution is -2.36. The second-order valence-corrected chi connectivity index (χ2v) is 5.45. The molecule has 0 aliphatic rings. The minimum atomic E-state index is 0.135. The van der Waals surface area contributed by atoms with Gasteiger partial charge in [0.25, 0.3) is 0 Å². The Balaban J connectivity index is 2.54. The van der Waals surface area contributed by atoms with E-state index in [2.05, 4.69) is 4.90 Å². The van der Waals surface area contributed by atoms with Crippen LogP contribution in [-0.2, 0) is 16.0 Å². The van der Waals surface area contributed by atoms with Gasteiger partial charge in [-0.05, 0) is 44.8 Å². The van der Waals surface area contributed by atoms with Crippen LogP contribution in [0.3, 0.4) is 0 Å². The number of hydrogen-bond donors (Lipinski definition) is 1. The first-order valence-electron chi connectivity index (χ1n) is 7.28. The smallest absolute Gasteiger partial charge is 0.227 e. The molecule has 0 spiro atoms. The molecule has 0 bridgehead atoms. The Bertz CT molecular complexity index is 418. The zero-order valence-corrected chi connectivity index (χ0v) is 13.3. The summed E-state index contributed by atoms with van der Waals surface area (Å²) in [5.41, 5.74) is 7.37. The minimum absolute atomic E-state index is 0.135. The zero-order valence-electron chi connectivity index (χ0n) is 13.3. The van der Waals surface area contributed by atoms with Crippen LogP contribution in [0.5, 0.6) is 0 Å². The van der Waals surface area contributed by atoms with Gasteiger partial charge in [0.05, 0.1) is 13.0 Å². The summed E-state index contributed by atoms with van der Waals surface area (Å²) in [6, 6.07) is 7.46. The fourth-order valence-electron chi connectivity index (χ4n) is 2.06. The van der Waals surface area contributed by atoms with Crippen molar-refractivity contribution in [3.05, 3.63) is 29.8 Å². The number of amides is 1. The standard InChI is InChI=1S/C16H27N3O2/c1-18(2)9-4-10-19(11-12-21-3)16(20)13-14-5-7-15(17)8-6-14/h5-8H,4,9-13,17H2,1-3H3. The van der Waals surface area contributed by atoms with Crippen molar-refractivity contribution in [2.45, 2.75) is 12.8 Å². The number of ether oxygens (including phenoxy) is 1. The molecule has 0 saturated heterocycles. The lowest BCUT2D eigenvalue weighted by molar-refractivity contribution is -0.131. The number of benzene rings is 1. The van der Waals surface area contributed by atoms with Crippen molar-refractivity contribution in [1.82, 2.24) is 9.80 Å². The maximum Gasteiger partial charge on any atom is 0.227 e. The second-order valence-electron chi connectivity index (χ2n) is 5.45. The van der Waals surface area contributed by atoms with Crippen molar-refractivity contribution in [2.24, 2.45) is 0 Å². The molecule has 1 amide bonds. The SMILES string of the molecule is COCCN(CCCN(C)C)C(=O)Cc1ccc(N)cc1. The van der Waals surface area contributed by atoms with Crippen molar-refractivity contribution >= 4 is 11.6 Å². The number of carbonyl (C=O) groups is 1. The number of methoxy groups -OCH3 is 1. The van der Waals surface area contributed by atoms with Gasteiger partial charge in [-0.15, -0.1) is 0 Å². The molecule has 1 aromatic rings. The number of anilines is 1. The van der Waals surface area contributed by atoms with Crippen LogP contribution >= 0.6 is 0 Å². The predicted octanol–water partition coefficient (Wildman–Crippen LogP) is 1.24. The summed E-state index contributed by atoms with van der Waals surface area (Å²) in [4.78, 5) is 16.4. The highest BCUT2D eigenvalue weighted by atomic mass is 16.5. The highest BCUT2D eigenvalue weighted by Crippen LogP contribution is 2.08. The third kappa shape index (κ3) is 7.11. The molecule has 0 atom stereocenters. The van der Waals surface area contributed by atoms with Gasteiger partial charge in [-0.25, -0.2) is 0 Å². The van der Waals surface area contributed by atoms with Gasteiger partial charge in [0.2, 0.25) is 5.91 Å². The Morgan fingerprint density at radius 3 is 2.38 bits per heavy atom. The Morgan fingerprint density at radius 2 is 1.81 bits per heavy atom. The fraction of sp³-hybridized carbons (Fsp3) is 0.562. The second kappa shape index (κ2) is 9.37. The number of nitrogen functional groups attached to an aromatic ring is 1. The van der Waals surface area contributed by atoms with E-state index in [1.165, 1.54) is 0 Å². The van der Waals surface area contributed by atoms with Crippen LogP contribution in [0.15, 0.2) is 24.3 Å². The van der Waals surface area contributed by atoms with E-state index in [0.717, 1.165) is 25.1 Å². The van der Waals surface area contributed by atoms with Gasteiger partial charge in [0.1, 0.15) is 0 Å². The van der Waals surface area contributed by atoms with E-state index < -0.39 is 0 Å². The number of hydrogen-bond acceptors (Lipinski definition) is 4. The first-order valence-corrected chi connectivity index (χ1v) is 7.28. The van der Waals surface area contributed by atoms with E-state index in [0.29, 0.717) is 25.3 Å². The molecule has 0 radical (unpaired) electrons. The molecule has 1 aromatic carbocycles. The van der Waals surface area contributed by atoms with Gasteiger partial charge in [0, 0.05) is 25.9 Å². The molecule has 0 aliphatic heterocycles. The molecule has 5 nitrogen and oxygen atoms in total. The van der Waals surface area contributed by atoms with Crippen LogP contribution in [0.25, 0.3) is 0 Å². The Kier molecular flexibility index (Phi) is 7.79. The molecule has 5 heteroatoms. The number of nitrogens with zero attached hydrogens (tertiary/aromatic N) is 2. The van der Waals surface area contributed by atoms with E-state index in [9.17, 15) is 4.79 Å². The van der Waals surface area contributed by atoms with Gasteiger partial charge in [0.15, 0.2) is 0 Å². The highest BCUT2D eigenvalue weighted by molar-refractivity contribution is 5.78. The Labute approximate surface area is 127 Å². The summed E-state index contributed by atoms with van der Waals surface area (Å²) < 4.78 is 5.10. The van der Waals surface area contributed by atoms with Gasteiger partial charge in [-0.2, -0.15) is 0 Å². The molecular formula is C16H27N3O2. The summed E-state index contributed by atoms with van der Waals surface area (Å²) in [6.07, 6.45) is 1.37. The molecule has 0 heterocycles.